The van der Waals surface area contributed by atoms with Crippen LogP contribution in [-0.2, 0) is 4.74 Å². The second kappa shape index (κ2) is 5.46. The molecule has 0 atom stereocenters. The fourth-order valence-corrected chi connectivity index (χ4v) is 2.00. The van der Waals surface area contributed by atoms with E-state index < -0.39 is 6.09 Å². The summed E-state index contributed by atoms with van der Waals surface area (Å²) in [6.07, 6.45) is 2.55. The normalized spacial score (nSPS) is 10.2. The van der Waals surface area contributed by atoms with Gasteiger partial charge in [-0.05, 0) is 45.7 Å². The maximum atomic E-state index is 11.3. The molecule has 0 aliphatic heterocycles. The Kier molecular flexibility index (Phi) is 4.53. The Morgan fingerprint density at radius 3 is 2.40 bits per heavy atom. The van der Waals surface area contributed by atoms with Crippen LogP contribution >= 0.6 is 31.9 Å². The molecule has 0 spiro atoms. The molecule has 1 rings (SSSR count). The minimum atomic E-state index is -0.488. The van der Waals surface area contributed by atoms with Crippen molar-refractivity contribution < 1.29 is 9.53 Å². The number of anilines is 1. The SMILES string of the molecule is CC(C)OC(=O)Nc1c(Br)cncc1Br. The minimum absolute atomic E-state index is 0.149. The number of carbonyl (C=O) groups is 1. The van der Waals surface area contributed by atoms with Gasteiger partial charge >= 0.3 is 6.09 Å². The van der Waals surface area contributed by atoms with E-state index in [2.05, 4.69) is 42.2 Å². The van der Waals surface area contributed by atoms with Gasteiger partial charge in [-0.3, -0.25) is 10.3 Å². The van der Waals surface area contributed by atoms with Crippen LogP contribution in [0.15, 0.2) is 21.3 Å². The fraction of sp³-hybridized carbons (Fsp3) is 0.333. The second-order valence-electron chi connectivity index (χ2n) is 3.06. The summed E-state index contributed by atoms with van der Waals surface area (Å²) in [6.45, 7) is 3.58. The maximum Gasteiger partial charge on any atom is 0.411 e. The van der Waals surface area contributed by atoms with Crippen molar-refractivity contribution in [1.82, 2.24) is 4.98 Å². The first kappa shape index (κ1) is 12.4. The molecule has 1 heterocycles. The van der Waals surface area contributed by atoms with Crippen molar-refractivity contribution in [1.29, 1.82) is 0 Å². The lowest BCUT2D eigenvalue weighted by Crippen LogP contribution is -2.18. The first-order valence-corrected chi connectivity index (χ1v) is 5.86. The van der Waals surface area contributed by atoms with Gasteiger partial charge in [0.25, 0.3) is 0 Å². The Labute approximate surface area is 105 Å². The maximum absolute atomic E-state index is 11.3. The highest BCUT2D eigenvalue weighted by Crippen LogP contribution is 2.29. The van der Waals surface area contributed by atoms with Crippen LogP contribution in [0.1, 0.15) is 13.8 Å². The van der Waals surface area contributed by atoms with Crippen molar-refractivity contribution in [2.24, 2.45) is 0 Å². The summed E-state index contributed by atoms with van der Waals surface area (Å²) in [4.78, 5) is 15.3. The van der Waals surface area contributed by atoms with Gasteiger partial charge in [-0.25, -0.2) is 4.79 Å². The van der Waals surface area contributed by atoms with Crippen LogP contribution in [0, 0.1) is 0 Å². The van der Waals surface area contributed by atoms with Gasteiger partial charge < -0.3 is 4.74 Å². The van der Waals surface area contributed by atoms with Gasteiger partial charge in [0, 0.05) is 12.4 Å². The quantitative estimate of drug-likeness (QED) is 0.897. The summed E-state index contributed by atoms with van der Waals surface area (Å²) in [7, 11) is 0. The summed E-state index contributed by atoms with van der Waals surface area (Å²) in [6, 6.07) is 0. The van der Waals surface area contributed by atoms with Gasteiger partial charge in [0.2, 0.25) is 0 Å². The first-order valence-electron chi connectivity index (χ1n) is 4.27. The molecule has 4 nitrogen and oxygen atoms in total. The van der Waals surface area contributed by atoms with Gasteiger partial charge in [0.15, 0.2) is 0 Å². The number of ether oxygens (including phenoxy) is 1. The largest absolute Gasteiger partial charge is 0.447 e. The van der Waals surface area contributed by atoms with E-state index in [0.29, 0.717) is 14.6 Å². The van der Waals surface area contributed by atoms with Crippen LogP contribution in [-0.4, -0.2) is 17.2 Å². The molecule has 0 bridgehead atoms. The van der Waals surface area contributed by atoms with Gasteiger partial charge in [0.1, 0.15) is 0 Å². The van der Waals surface area contributed by atoms with Gasteiger partial charge in [0.05, 0.1) is 20.7 Å². The Bertz CT molecular complexity index is 349. The Hall–Kier alpha value is -0.620. The number of carbonyl (C=O) groups excluding carboxylic acids is 1. The van der Waals surface area contributed by atoms with Crippen molar-refractivity contribution in [3.63, 3.8) is 0 Å². The van der Waals surface area contributed by atoms with Crippen LogP contribution in [0.25, 0.3) is 0 Å². The zero-order chi connectivity index (χ0) is 11.4. The zero-order valence-corrected chi connectivity index (χ0v) is 11.4. The van der Waals surface area contributed by atoms with Crippen molar-refractivity contribution >= 4 is 43.6 Å². The molecule has 0 fully saturated rings. The van der Waals surface area contributed by atoms with E-state index in [1.54, 1.807) is 26.2 Å². The molecule has 0 saturated heterocycles. The molecule has 0 radical (unpaired) electrons. The molecule has 1 aromatic rings. The predicted molar refractivity (Wildman–Crippen MR) is 64.9 cm³/mol. The summed E-state index contributed by atoms with van der Waals surface area (Å²) in [5, 5.41) is 2.61. The van der Waals surface area contributed by atoms with E-state index in [1.807, 2.05) is 0 Å². The lowest BCUT2D eigenvalue weighted by atomic mass is 10.4. The Morgan fingerprint density at radius 1 is 1.40 bits per heavy atom. The molecule has 6 heteroatoms. The van der Waals surface area contributed by atoms with Crippen molar-refractivity contribution in [3.05, 3.63) is 21.3 Å². The zero-order valence-electron chi connectivity index (χ0n) is 8.25. The monoisotopic (exact) mass is 336 g/mol. The predicted octanol–water partition coefficient (Wildman–Crippen LogP) is 3.56. The minimum Gasteiger partial charge on any atom is -0.447 e. The van der Waals surface area contributed by atoms with Gasteiger partial charge in [-0.2, -0.15) is 0 Å². The topological polar surface area (TPSA) is 51.2 Å². The fourth-order valence-electron chi connectivity index (χ4n) is 0.876. The van der Waals surface area contributed by atoms with E-state index >= 15 is 0 Å². The van der Waals surface area contributed by atoms with Crippen LogP contribution in [0.4, 0.5) is 10.5 Å². The molecule has 1 amide bonds. The van der Waals surface area contributed by atoms with Gasteiger partial charge in [-0.1, -0.05) is 0 Å². The molecule has 1 aromatic heterocycles. The lowest BCUT2D eigenvalue weighted by molar-refractivity contribution is 0.130. The van der Waals surface area contributed by atoms with E-state index in [1.165, 1.54) is 0 Å². The molecule has 15 heavy (non-hydrogen) atoms. The number of pyridine rings is 1. The third kappa shape index (κ3) is 3.79. The third-order valence-corrected chi connectivity index (χ3v) is 2.63. The molecule has 0 aliphatic rings. The van der Waals surface area contributed by atoms with Crippen LogP contribution in [0.5, 0.6) is 0 Å². The molecule has 0 aliphatic carbocycles. The molecular weight excluding hydrogens is 328 g/mol. The third-order valence-electron chi connectivity index (χ3n) is 1.42. The second-order valence-corrected chi connectivity index (χ2v) is 4.77. The Morgan fingerprint density at radius 2 is 1.93 bits per heavy atom. The number of amides is 1. The number of hydrogen-bond donors (Lipinski definition) is 1. The number of halogens is 2. The highest BCUT2D eigenvalue weighted by Gasteiger charge is 2.11. The number of nitrogens with zero attached hydrogens (tertiary/aromatic N) is 1. The lowest BCUT2D eigenvalue weighted by Gasteiger charge is -2.11. The summed E-state index contributed by atoms with van der Waals surface area (Å²) >= 11 is 6.56. The highest BCUT2D eigenvalue weighted by atomic mass is 79.9. The van der Waals surface area contributed by atoms with E-state index in [0.717, 1.165) is 0 Å². The molecule has 0 aromatic carbocycles. The van der Waals surface area contributed by atoms with E-state index in [9.17, 15) is 4.79 Å². The number of nitrogens with one attached hydrogen (secondary N) is 1. The van der Waals surface area contributed by atoms with Crippen molar-refractivity contribution in [2.75, 3.05) is 5.32 Å². The molecular formula is C9H10Br2N2O2. The highest BCUT2D eigenvalue weighted by molar-refractivity contribution is 9.11. The summed E-state index contributed by atoms with van der Waals surface area (Å²) in [5.41, 5.74) is 0.607. The van der Waals surface area contributed by atoms with Crippen LogP contribution in [0.3, 0.4) is 0 Å². The average Bonchev–Trinajstić information content (AvgIpc) is 2.10. The van der Waals surface area contributed by atoms with Crippen LogP contribution in [0.2, 0.25) is 0 Å². The van der Waals surface area contributed by atoms with Crippen LogP contribution < -0.4 is 5.32 Å². The van der Waals surface area contributed by atoms with Crippen molar-refractivity contribution in [3.8, 4) is 0 Å². The number of aromatic nitrogens is 1. The summed E-state index contributed by atoms with van der Waals surface area (Å²) in [5.74, 6) is 0. The molecule has 1 N–H and O–H groups in total. The molecule has 0 unspecified atom stereocenters. The number of hydrogen-bond acceptors (Lipinski definition) is 3. The average molecular weight is 338 g/mol. The number of rotatable bonds is 2. The van der Waals surface area contributed by atoms with Gasteiger partial charge in [-0.15, -0.1) is 0 Å². The van der Waals surface area contributed by atoms with E-state index in [-0.39, 0.29) is 6.10 Å². The standard InChI is InChI=1S/C9H10Br2N2O2/c1-5(2)15-9(14)13-8-6(10)3-12-4-7(8)11/h3-5H,1-2H3,(H,12,13,14). The smallest absolute Gasteiger partial charge is 0.411 e. The molecule has 82 valence electrons. The summed E-state index contributed by atoms with van der Waals surface area (Å²) < 4.78 is 6.34. The molecule has 0 saturated carbocycles. The first-order chi connectivity index (χ1) is 7.00. The van der Waals surface area contributed by atoms with Crippen molar-refractivity contribution in [2.45, 2.75) is 20.0 Å². The Balaban J connectivity index is 2.76. The van der Waals surface area contributed by atoms with E-state index in [4.69, 9.17) is 4.74 Å².